The number of carbonyl (C=O) groups excluding carboxylic acids is 1. The Labute approximate surface area is 77.1 Å². The van der Waals surface area contributed by atoms with Gasteiger partial charge in [-0.15, -0.1) is 0 Å². The lowest BCUT2D eigenvalue weighted by atomic mass is 10.3. The van der Waals surface area contributed by atoms with Gasteiger partial charge in [0.15, 0.2) is 0 Å². The first-order valence-electron chi connectivity index (χ1n) is 4.19. The summed E-state index contributed by atoms with van der Waals surface area (Å²) in [5.74, 6) is -1.24. The van der Waals surface area contributed by atoms with Crippen molar-refractivity contribution in [2.45, 2.75) is 26.3 Å². The second-order valence-electron chi connectivity index (χ2n) is 2.57. The Kier molecular flexibility index (Phi) is 5.88. The summed E-state index contributed by atoms with van der Waals surface area (Å²) < 4.78 is 4.66. The molecule has 13 heavy (non-hydrogen) atoms. The van der Waals surface area contributed by atoms with Gasteiger partial charge in [0.05, 0.1) is 13.0 Å². The van der Waals surface area contributed by atoms with E-state index in [2.05, 4.69) is 10.1 Å². The molecule has 5 heteroatoms. The van der Waals surface area contributed by atoms with Crippen molar-refractivity contribution < 1.29 is 19.4 Å². The van der Waals surface area contributed by atoms with Crippen LogP contribution in [0.15, 0.2) is 0 Å². The number of carboxylic acids is 1. The summed E-state index contributed by atoms with van der Waals surface area (Å²) in [7, 11) is 0. The maximum absolute atomic E-state index is 10.8. The summed E-state index contributed by atoms with van der Waals surface area (Å²) in [5, 5.41) is 11.1. The third-order valence-electron chi connectivity index (χ3n) is 1.46. The molecule has 0 saturated heterocycles. The van der Waals surface area contributed by atoms with Crippen LogP contribution in [0.3, 0.4) is 0 Å². The van der Waals surface area contributed by atoms with E-state index in [1.165, 1.54) is 6.92 Å². The molecular weight excluding hydrogens is 174 g/mol. The number of hydrogen-bond donors (Lipinski definition) is 2. The smallest absolute Gasteiger partial charge is 0.320 e. The monoisotopic (exact) mass is 189 g/mol. The third-order valence-corrected chi connectivity index (χ3v) is 1.46. The van der Waals surface area contributed by atoms with E-state index >= 15 is 0 Å². The van der Waals surface area contributed by atoms with Crippen molar-refractivity contribution in [3.05, 3.63) is 0 Å². The number of aliphatic carboxylic acids is 1. The van der Waals surface area contributed by atoms with E-state index in [-0.39, 0.29) is 12.4 Å². The zero-order chi connectivity index (χ0) is 10.3. The fourth-order valence-corrected chi connectivity index (χ4v) is 0.711. The Hall–Kier alpha value is -1.10. The summed E-state index contributed by atoms with van der Waals surface area (Å²) in [6, 6.07) is -0.630. The van der Waals surface area contributed by atoms with Gasteiger partial charge in [0.1, 0.15) is 6.04 Å². The average Bonchev–Trinajstić information content (AvgIpc) is 2.04. The maximum atomic E-state index is 10.8. The third kappa shape index (κ3) is 6.10. The Morgan fingerprint density at radius 1 is 1.54 bits per heavy atom. The van der Waals surface area contributed by atoms with Crippen LogP contribution in [0.1, 0.15) is 20.3 Å². The number of carboxylic acid groups (broad SMARTS) is 1. The molecule has 0 aromatic carbocycles. The van der Waals surface area contributed by atoms with E-state index in [4.69, 9.17) is 5.11 Å². The zero-order valence-electron chi connectivity index (χ0n) is 7.87. The lowest BCUT2D eigenvalue weighted by Crippen LogP contribution is -2.35. The molecule has 0 aliphatic heterocycles. The zero-order valence-corrected chi connectivity index (χ0v) is 7.87. The molecule has 1 unspecified atom stereocenters. The van der Waals surface area contributed by atoms with Gasteiger partial charge in [-0.3, -0.25) is 9.59 Å². The van der Waals surface area contributed by atoms with Crippen LogP contribution in [0.4, 0.5) is 0 Å². The summed E-state index contributed by atoms with van der Waals surface area (Å²) in [4.78, 5) is 21.1. The van der Waals surface area contributed by atoms with E-state index in [1.54, 1.807) is 6.92 Å². The highest BCUT2D eigenvalue weighted by atomic mass is 16.5. The van der Waals surface area contributed by atoms with Gasteiger partial charge in [-0.25, -0.2) is 0 Å². The first-order valence-corrected chi connectivity index (χ1v) is 4.19. The van der Waals surface area contributed by atoms with Crippen molar-refractivity contribution in [1.29, 1.82) is 0 Å². The fraction of sp³-hybridized carbons (Fsp3) is 0.750. The molecule has 0 saturated carbocycles. The topological polar surface area (TPSA) is 75.6 Å². The van der Waals surface area contributed by atoms with Gasteiger partial charge in [-0.1, -0.05) is 0 Å². The van der Waals surface area contributed by atoms with Crippen molar-refractivity contribution in [2.24, 2.45) is 0 Å². The summed E-state index contributed by atoms with van der Waals surface area (Å²) in [6.45, 7) is 3.93. The molecule has 1 atom stereocenters. The van der Waals surface area contributed by atoms with Gasteiger partial charge in [0, 0.05) is 6.54 Å². The number of esters is 1. The van der Waals surface area contributed by atoms with Crippen LogP contribution in [0, 0.1) is 0 Å². The highest BCUT2D eigenvalue weighted by molar-refractivity contribution is 5.73. The maximum Gasteiger partial charge on any atom is 0.320 e. The number of carbonyl (C=O) groups is 2. The molecule has 0 spiro atoms. The standard InChI is InChI=1S/C8H15NO4/c1-3-13-7(10)4-5-9-6(2)8(11)12/h6,9H,3-5H2,1-2H3,(H,11,12). The number of rotatable bonds is 6. The normalized spacial score (nSPS) is 12.2. The van der Waals surface area contributed by atoms with Crippen LogP contribution in [0.25, 0.3) is 0 Å². The second kappa shape index (κ2) is 6.42. The molecule has 0 aromatic rings. The van der Waals surface area contributed by atoms with E-state index < -0.39 is 12.0 Å². The summed E-state index contributed by atoms with van der Waals surface area (Å²) in [6.07, 6.45) is 0.200. The molecule has 5 nitrogen and oxygen atoms in total. The number of hydrogen-bond acceptors (Lipinski definition) is 4. The van der Waals surface area contributed by atoms with Crippen LogP contribution in [0.2, 0.25) is 0 Å². The summed E-state index contributed by atoms with van der Waals surface area (Å²) >= 11 is 0. The van der Waals surface area contributed by atoms with Crippen molar-refractivity contribution in [3.8, 4) is 0 Å². The van der Waals surface area contributed by atoms with Crippen LogP contribution >= 0.6 is 0 Å². The molecule has 76 valence electrons. The first-order chi connectivity index (χ1) is 6.07. The number of nitrogens with one attached hydrogen (secondary N) is 1. The van der Waals surface area contributed by atoms with Gasteiger partial charge in [-0.05, 0) is 13.8 Å². The van der Waals surface area contributed by atoms with Crippen molar-refractivity contribution in [2.75, 3.05) is 13.2 Å². The second-order valence-corrected chi connectivity index (χ2v) is 2.57. The molecule has 0 aliphatic rings. The molecule has 0 amide bonds. The van der Waals surface area contributed by atoms with E-state index in [0.717, 1.165) is 0 Å². The lowest BCUT2D eigenvalue weighted by Gasteiger charge is -2.07. The Balaban J connectivity index is 3.44. The minimum atomic E-state index is -0.927. The average molecular weight is 189 g/mol. The minimum absolute atomic E-state index is 0.200. The predicted octanol–water partition coefficient (Wildman–Crippen LogP) is 0.00230. The number of ether oxygens (including phenoxy) is 1. The molecule has 0 aromatic heterocycles. The predicted molar refractivity (Wildman–Crippen MR) is 46.4 cm³/mol. The quantitative estimate of drug-likeness (QED) is 0.575. The molecule has 0 heterocycles. The Morgan fingerprint density at radius 3 is 2.62 bits per heavy atom. The van der Waals surface area contributed by atoms with Crippen molar-refractivity contribution in [1.82, 2.24) is 5.32 Å². The fourth-order valence-electron chi connectivity index (χ4n) is 0.711. The highest BCUT2D eigenvalue weighted by Gasteiger charge is 2.10. The molecular formula is C8H15NO4. The molecule has 2 N–H and O–H groups in total. The Morgan fingerprint density at radius 2 is 2.15 bits per heavy atom. The largest absolute Gasteiger partial charge is 0.480 e. The van der Waals surface area contributed by atoms with Gasteiger partial charge < -0.3 is 15.2 Å². The minimum Gasteiger partial charge on any atom is -0.480 e. The van der Waals surface area contributed by atoms with Crippen molar-refractivity contribution in [3.63, 3.8) is 0 Å². The van der Waals surface area contributed by atoms with Crippen LogP contribution in [0.5, 0.6) is 0 Å². The molecule has 0 radical (unpaired) electrons. The van der Waals surface area contributed by atoms with E-state index in [0.29, 0.717) is 13.2 Å². The summed E-state index contributed by atoms with van der Waals surface area (Å²) in [5.41, 5.74) is 0. The SMILES string of the molecule is CCOC(=O)CCNC(C)C(=O)O. The van der Waals surface area contributed by atoms with Crippen LogP contribution < -0.4 is 5.32 Å². The highest BCUT2D eigenvalue weighted by Crippen LogP contribution is 1.86. The lowest BCUT2D eigenvalue weighted by molar-refractivity contribution is -0.144. The Bertz CT molecular complexity index is 181. The molecule has 0 rings (SSSR count). The molecule has 0 bridgehead atoms. The van der Waals surface area contributed by atoms with Crippen molar-refractivity contribution >= 4 is 11.9 Å². The van der Waals surface area contributed by atoms with E-state index in [9.17, 15) is 9.59 Å². The van der Waals surface area contributed by atoms with Gasteiger partial charge in [0.2, 0.25) is 0 Å². The first kappa shape index (κ1) is 11.9. The molecule has 0 aliphatic carbocycles. The molecule has 0 fully saturated rings. The van der Waals surface area contributed by atoms with E-state index in [1.807, 2.05) is 0 Å². The van der Waals surface area contributed by atoms with Crippen LogP contribution in [-0.2, 0) is 14.3 Å². The van der Waals surface area contributed by atoms with Gasteiger partial charge >= 0.3 is 11.9 Å². The van der Waals surface area contributed by atoms with Crippen LogP contribution in [-0.4, -0.2) is 36.2 Å². The van der Waals surface area contributed by atoms with Gasteiger partial charge in [0.25, 0.3) is 0 Å². The van der Waals surface area contributed by atoms with Gasteiger partial charge in [-0.2, -0.15) is 0 Å².